The molecule has 3 N–H and O–H groups in total. The van der Waals surface area contributed by atoms with Crippen molar-refractivity contribution in [3.63, 3.8) is 0 Å². The predicted octanol–water partition coefficient (Wildman–Crippen LogP) is 5.95. The molecule has 0 bridgehead atoms. The van der Waals surface area contributed by atoms with E-state index in [0.29, 0.717) is 27.2 Å². The molecule has 0 aliphatic carbocycles. The molecule has 0 unspecified atom stereocenters. The normalized spacial score (nSPS) is 11.6. The average Bonchev–Trinajstić information content (AvgIpc) is 2.72. The molecule has 0 aliphatic rings. The van der Waals surface area contributed by atoms with Gasteiger partial charge in [-0.25, -0.2) is 18.4 Å². The van der Waals surface area contributed by atoms with Gasteiger partial charge in [0.25, 0.3) is 10.0 Å². The highest BCUT2D eigenvalue weighted by molar-refractivity contribution is 7.92. The average molecular weight is 494 g/mol. The molecule has 0 saturated heterocycles. The number of aromatic nitrogens is 2. The Kier molecular flexibility index (Phi) is 5.70. The summed E-state index contributed by atoms with van der Waals surface area (Å²) in [5, 5.41) is 1.40. The van der Waals surface area contributed by atoms with Gasteiger partial charge < -0.3 is 5.73 Å². The van der Waals surface area contributed by atoms with Crippen LogP contribution in [0, 0.1) is 6.92 Å². The summed E-state index contributed by atoms with van der Waals surface area (Å²) in [5.41, 5.74) is 8.30. The fourth-order valence-corrected chi connectivity index (χ4v) is 5.42. The number of nitrogen functional groups attached to an aromatic ring is 1. The van der Waals surface area contributed by atoms with Crippen LogP contribution in [0.5, 0.6) is 0 Å². The lowest BCUT2D eigenvalue weighted by Crippen LogP contribution is -2.14. The summed E-state index contributed by atoms with van der Waals surface area (Å²) in [6.45, 7) is 1.76. The van der Waals surface area contributed by atoms with Gasteiger partial charge in [0.05, 0.1) is 26.3 Å². The molecular formula is C21H15Cl3N4O2S. The molecule has 0 saturated carbocycles. The molecule has 4 rings (SSSR count). The number of hydrogen-bond acceptors (Lipinski definition) is 5. The molecule has 0 fully saturated rings. The highest BCUT2D eigenvalue weighted by Gasteiger charge is 2.22. The number of sulfonamides is 1. The van der Waals surface area contributed by atoms with Crippen LogP contribution in [-0.2, 0) is 10.0 Å². The number of nitrogens with zero attached hydrogens (tertiary/aromatic N) is 2. The largest absolute Gasteiger partial charge is 0.368 e. The molecule has 158 valence electrons. The summed E-state index contributed by atoms with van der Waals surface area (Å²) >= 11 is 19.3. The van der Waals surface area contributed by atoms with Gasteiger partial charge in [0, 0.05) is 17.1 Å². The van der Waals surface area contributed by atoms with E-state index in [1.54, 1.807) is 43.5 Å². The molecule has 0 amide bonds. The van der Waals surface area contributed by atoms with Crippen molar-refractivity contribution in [3.05, 3.63) is 75.4 Å². The standard InChI is InChI=1S/C21H15Cl3N4O2S/c1-11-8-16(28-31(29,30)17-5-3-2-4-14(17)22)20(24)18(19(11)23)12-6-7-15-13(9-12)10-26-21(25)27-15/h2-10,28H,1H3,(H2,25,26,27). The monoisotopic (exact) mass is 492 g/mol. The predicted molar refractivity (Wildman–Crippen MR) is 126 cm³/mol. The Morgan fingerprint density at radius 2 is 1.74 bits per heavy atom. The molecule has 31 heavy (non-hydrogen) atoms. The zero-order valence-corrected chi connectivity index (χ0v) is 19.1. The second-order valence-electron chi connectivity index (χ2n) is 6.78. The minimum atomic E-state index is -3.98. The number of aryl methyl sites for hydroxylation is 1. The summed E-state index contributed by atoms with van der Waals surface area (Å²) < 4.78 is 28.3. The fourth-order valence-electron chi connectivity index (χ4n) is 3.16. The first-order valence-corrected chi connectivity index (χ1v) is 11.6. The van der Waals surface area contributed by atoms with E-state index in [9.17, 15) is 8.42 Å². The Morgan fingerprint density at radius 3 is 2.48 bits per heavy atom. The molecule has 1 aromatic heterocycles. The smallest absolute Gasteiger partial charge is 0.263 e. The second kappa shape index (κ2) is 8.16. The first-order chi connectivity index (χ1) is 14.7. The highest BCUT2D eigenvalue weighted by atomic mass is 35.5. The molecule has 0 aliphatic heterocycles. The van der Waals surface area contributed by atoms with Crippen molar-refractivity contribution in [3.8, 4) is 11.1 Å². The third-order valence-electron chi connectivity index (χ3n) is 4.64. The number of rotatable bonds is 4. The van der Waals surface area contributed by atoms with Crippen LogP contribution in [0.2, 0.25) is 15.1 Å². The Labute approximate surface area is 194 Å². The Morgan fingerprint density at radius 1 is 1.00 bits per heavy atom. The molecule has 1 heterocycles. The van der Waals surface area contributed by atoms with Crippen LogP contribution >= 0.6 is 34.8 Å². The number of nitrogens with two attached hydrogens (primary N) is 1. The molecule has 3 aromatic carbocycles. The van der Waals surface area contributed by atoms with Gasteiger partial charge in [0.2, 0.25) is 5.95 Å². The topological polar surface area (TPSA) is 98.0 Å². The van der Waals surface area contributed by atoms with Crippen molar-refractivity contribution >= 4 is 67.4 Å². The summed E-state index contributed by atoms with van der Waals surface area (Å²) in [5.74, 6) is 0.170. The van der Waals surface area contributed by atoms with Gasteiger partial charge >= 0.3 is 0 Å². The minimum Gasteiger partial charge on any atom is -0.368 e. The van der Waals surface area contributed by atoms with Gasteiger partial charge in [-0.2, -0.15) is 0 Å². The van der Waals surface area contributed by atoms with E-state index in [-0.39, 0.29) is 26.6 Å². The minimum absolute atomic E-state index is 0.0534. The maximum absolute atomic E-state index is 12.9. The van der Waals surface area contributed by atoms with Gasteiger partial charge in [-0.3, -0.25) is 4.72 Å². The number of anilines is 2. The van der Waals surface area contributed by atoms with Gasteiger partial charge in [0.15, 0.2) is 0 Å². The fraction of sp³-hybridized carbons (Fsp3) is 0.0476. The lowest BCUT2D eigenvalue weighted by molar-refractivity contribution is 0.601. The number of hydrogen-bond donors (Lipinski definition) is 2. The first kappa shape index (κ1) is 21.6. The maximum Gasteiger partial charge on any atom is 0.263 e. The van der Waals surface area contributed by atoms with Crippen LogP contribution in [-0.4, -0.2) is 18.4 Å². The second-order valence-corrected chi connectivity index (χ2v) is 9.60. The van der Waals surface area contributed by atoms with E-state index in [2.05, 4.69) is 14.7 Å². The summed E-state index contributed by atoms with van der Waals surface area (Å²) in [6.07, 6.45) is 1.60. The quantitative estimate of drug-likeness (QED) is 0.366. The number of benzene rings is 3. The van der Waals surface area contributed by atoms with Crippen molar-refractivity contribution in [2.45, 2.75) is 11.8 Å². The van der Waals surface area contributed by atoms with Crippen LogP contribution in [0.1, 0.15) is 5.56 Å². The summed E-state index contributed by atoms with van der Waals surface area (Å²) in [6, 6.07) is 13.1. The van der Waals surface area contributed by atoms with Crippen molar-refractivity contribution < 1.29 is 8.42 Å². The van der Waals surface area contributed by atoms with Crippen LogP contribution < -0.4 is 10.5 Å². The van der Waals surface area contributed by atoms with Gasteiger partial charge in [-0.1, -0.05) is 53.0 Å². The van der Waals surface area contributed by atoms with Crippen molar-refractivity contribution in [2.75, 3.05) is 10.5 Å². The summed E-state index contributed by atoms with van der Waals surface area (Å²) in [7, 11) is -3.98. The number of fused-ring (bicyclic) bond motifs is 1. The van der Waals surface area contributed by atoms with Crippen molar-refractivity contribution in [1.29, 1.82) is 0 Å². The van der Waals surface area contributed by atoms with Crippen LogP contribution in [0.4, 0.5) is 11.6 Å². The summed E-state index contributed by atoms with van der Waals surface area (Å²) in [4.78, 5) is 8.13. The van der Waals surface area contributed by atoms with Gasteiger partial charge in [-0.05, 0) is 48.4 Å². The molecule has 6 nitrogen and oxygen atoms in total. The van der Waals surface area contributed by atoms with Crippen molar-refractivity contribution in [1.82, 2.24) is 9.97 Å². The SMILES string of the molecule is Cc1cc(NS(=O)(=O)c2ccccc2Cl)c(Cl)c(-c2ccc3nc(N)ncc3c2)c1Cl. The van der Waals surface area contributed by atoms with E-state index in [4.69, 9.17) is 40.5 Å². The van der Waals surface area contributed by atoms with Gasteiger partial charge in [0.1, 0.15) is 4.90 Å². The molecule has 0 radical (unpaired) electrons. The van der Waals surface area contributed by atoms with Crippen LogP contribution in [0.25, 0.3) is 22.0 Å². The zero-order valence-electron chi connectivity index (χ0n) is 16.0. The molecular weight excluding hydrogens is 479 g/mol. The van der Waals surface area contributed by atoms with Crippen LogP contribution in [0.15, 0.2) is 59.6 Å². The number of nitrogens with one attached hydrogen (secondary N) is 1. The first-order valence-electron chi connectivity index (χ1n) is 8.96. The Balaban J connectivity index is 1.85. The van der Waals surface area contributed by atoms with E-state index < -0.39 is 10.0 Å². The van der Waals surface area contributed by atoms with E-state index >= 15 is 0 Å². The third kappa shape index (κ3) is 4.14. The highest BCUT2D eigenvalue weighted by Crippen LogP contribution is 2.43. The molecule has 0 spiro atoms. The molecule has 0 atom stereocenters. The third-order valence-corrected chi connectivity index (χ3v) is 7.39. The van der Waals surface area contributed by atoms with E-state index in [1.165, 1.54) is 12.1 Å². The molecule has 4 aromatic rings. The maximum atomic E-state index is 12.9. The lowest BCUT2D eigenvalue weighted by Gasteiger charge is -2.17. The van der Waals surface area contributed by atoms with E-state index in [1.807, 2.05) is 6.07 Å². The van der Waals surface area contributed by atoms with E-state index in [0.717, 1.165) is 5.39 Å². The zero-order chi connectivity index (χ0) is 22.3. The lowest BCUT2D eigenvalue weighted by atomic mass is 10.0. The molecule has 10 heteroatoms. The number of halogens is 3. The van der Waals surface area contributed by atoms with Crippen molar-refractivity contribution in [2.24, 2.45) is 0 Å². The Hall–Kier alpha value is -2.58. The van der Waals surface area contributed by atoms with Crippen LogP contribution in [0.3, 0.4) is 0 Å². The van der Waals surface area contributed by atoms with Gasteiger partial charge in [-0.15, -0.1) is 0 Å². The Bertz CT molecular complexity index is 1440.